The molecule has 1 aromatic heterocycles. The zero-order valence-corrected chi connectivity index (χ0v) is 15.4. The van der Waals surface area contributed by atoms with E-state index in [4.69, 9.17) is 0 Å². The van der Waals surface area contributed by atoms with E-state index in [1.807, 2.05) is 29.0 Å². The normalized spacial score (nSPS) is 14.7. The van der Waals surface area contributed by atoms with Gasteiger partial charge in [-0.3, -0.25) is 0 Å². The molecule has 2 amide bonds. The number of benzene rings is 1. The van der Waals surface area contributed by atoms with Crippen LogP contribution in [-0.4, -0.2) is 60.1 Å². The highest BCUT2D eigenvalue weighted by molar-refractivity contribution is 7.14. The summed E-state index contributed by atoms with van der Waals surface area (Å²) in [6.07, 6.45) is 0. The van der Waals surface area contributed by atoms with Crippen LogP contribution in [0.15, 0.2) is 29.6 Å². The van der Waals surface area contributed by atoms with Crippen molar-refractivity contribution in [3.8, 4) is 11.3 Å². The van der Waals surface area contributed by atoms with Gasteiger partial charge in [0.15, 0.2) is 5.13 Å². The molecule has 1 saturated heterocycles. The summed E-state index contributed by atoms with van der Waals surface area (Å²) in [6, 6.07) is 6.51. The largest absolute Gasteiger partial charge is 0.345 e. The summed E-state index contributed by atoms with van der Waals surface area (Å²) in [6.45, 7) is 8.47. The fourth-order valence-corrected chi connectivity index (χ4v) is 3.83. The van der Waals surface area contributed by atoms with E-state index in [1.165, 1.54) is 12.1 Å². The molecule has 5 nitrogen and oxygen atoms in total. The van der Waals surface area contributed by atoms with Gasteiger partial charge < -0.3 is 14.7 Å². The zero-order valence-electron chi connectivity index (χ0n) is 14.6. The van der Waals surface area contributed by atoms with E-state index < -0.39 is 0 Å². The van der Waals surface area contributed by atoms with Gasteiger partial charge in [-0.2, -0.15) is 0 Å². The van der Waals surface area contributed by atoms with Crippen LogP contribution in [-0.2, 0) is 0 Å². The van der Waals surface area contributed by atoms with Crippen molar-refractivity contribution >= 4 is 22.5 Å². The summed E-state index contributed by atoms with van der Waals surface area (Å²) < 4.78 is 13.0. The molecule has 1 aliphatic rings. The quantitative estimate of drug-likeness (QED) is 0.835. The summed E-state index contributed by atoms with van der Waals surface area (Å²) in [7, 11) is 0. The number of urea groups is 1. The molecule has 1 aliphatic heterocycles. The highest BCUT2D eigenvalue weighted by Crippen LogP contribution is 2.28. The highest BCUT2D eigenvalue weighted by Gasteiger charge is 2.25. The van der Waals surface area contributed by atoms with Crippen LogP contribution < -0.4 is 4.90 Å². The first kappa shape index (κ1) is 17.7. The molecule has 0 bridgehead atoms. The van der Waals surface area contributed by atoms with Crippen molar-refractivity contribution in [3.05, 3.63) is 35.5 Å². The number of anilines is 1. The third kappa shape index (κ3) is 3.92. The van der Waals surface area contributed by atoms with Gasteiger partial charge in [-0.05, 0) is 38.1 Å². The van der Waals surface area contributed by atoms with Gasteiger partial charge in [0.2, 0.25) is 0 Å². The minimum atomic E-state index is -0.242. The molecule has 25 heavy (non-hydrogen) atoms. The van der Waals surface area contributed by atoms with E-state index in [0.717, 1.165) is 42.6 Å². The smallest absolute Gasteiger partial charge is 0.320 e. The van der Waals surface area contributed by atoms with Gasteiger partial charge in [-0.15, -0.1) is 11.3 Å². The van der Waals surface area contributed by atoms with Gasteiger partial charge in [0.25, 0.3) is 0 Å². The van der Waals surface area contributed by atoms with E-state index in [1.54, 1.807) is 23.5 Å². The number of hydrogen-bond donors (Lipinski definition) is 0. The molecule has 3 rings (SSSR count). The van der Waals surface area contributed by atoms with Crippen molar-refractivity contribution < 1.29 is 9.18 Å². The lowest BCUT2D eigenvalue weighted by molar-refractivity contribution is 0.154. The number of carbonyl (C=O) groups excluding carboxylic acids is 1. The van der Waals surface area contributed by atoms with Gasteiger partial charge in [-0.1, -0.05) is 0 Å². The second-order valence-corrected chi connectivity index (χ2v) is 6.79. The first-order valence-corrected chi connectivity index (χ1v) is 9.50. The van der Waals surface area contributed by atoms with E-state index in [2.05, 4.69) is 9.88 Å². The molecule has 0 unspecified atom stereocenters. The van der Waals surface area contributed by atoms with Crippen LogP contribution in [0.3, 0.4) is 0 Å². The summed E-state index contributed by atoms with van der Waals surface area (Å²) in [4.78, 5) is 23.1. The number of nitrogens with zero attached hydrogens (tertiary/aromatic N) is 4. The Morgan fingerprint density at radius 2 is 1.80 bits per heavy atom. The zero-order chi connectivity index (χ0) is 17.8. The molecule has 0 saturated carbocycles. The Hall–Kier alpha value is -2.15. The van der Waals surface area contributed by atoms with Gasteiger partial charge in [0, 0.05) is 50.2 Å². The molecule has 0 aliphatic carbocycles. The minimum absolute atomic E-state index is 0.121. The van der Waals surface area contributed by atoms with Crippen molar-refractivity contribution in [2.45, 2.75) is 13.8 Å². The fourth-order valence-electron chi connectivity index (χ4n) is 2.95. The first-order chi connectivity index (χ1) is 12.1. The SMILES string of the molecule is CCN(CC)C(=O)N1CCN(c2nc(-c3ccc(F)cc3)cs2)CC1. The molecule has 2 heterocycles. The lowest BCUT2D eigenvalue weighted by atomic mass is 10.2. The molecule has 7 heteroatoms. The van der Waals surface area contributed by atoms with Gasteiger partial charge >= 0.3 is 6.03 Å². The minimum Gasteiger partial charge on any atom is -0.345 e. The lowest BCUT2D eigenvalue weighted by Gasteiger charge is -2.37. The number of amides is 2. The van der Waals surface area contributed by atoms with Gasteiger partial charge in [0.05, 0.1) is 5.69 Å². The molecule has 0 atom stereocenters. The Morgan fingerprint density at radius 3 is 2.40 bits per heavy atom. The van der Waals surface area contributed by atoms with Crippen LogP contribution in [0.4, 0.5) is 14.3 Å². The molecule has 1 fully saturated rings. The number of thiazole rings is 1. The number of rotatable bonds is 4. The average molecular weight is 362 g/mol. The third-order valence-corrected chi connectivity index (χ3v) is 5.39. The fraction of sp³-hybridized carbons (Fsp3) is 0.444. The highest BCUT2D eigenvalue weighted by atomic mass is 32.1. The molecular weight excluding hydrogens is 339 g/mol. The molecule has 2 aromatic rings. The number of hydrogen-bond acceptors (Lipinski definition) is 4. The Labute approximate surface area is 151 Å². The van der Waals surface area contributed by atoms with Crippen molar-refractivity contribution in [2.24, 2.45) is 0 Å². The van der Waals surface area contributed by atoms with Gasteiger partial charge in [-0.25, -0.2) is 14.2 Å². The van der Waals surface area contributed by atoms with E-state index in [9.17, 15) is 9.18 Å². The van der Waals surface area contributed by atoms with E-state index in [-0.39, 0.29) is 11.8 Å². The topological polar surface area (TPSA) is 39.7 Å². The molecule has 0 N–H and O–H groups in total. The van der Waals surface area contributed by atoms with Crippen LogP contribution in [0.1, 0.15) is 13.8 Å². The van der Waals surface area contributed by atoms with Crippen LogP contribution in [0.2, 0.25) is 0 Å². The Bertz CT molecular complexity index is 706. The van der Waals surface area contributed by atoms with Crippen molar-refractivity contribution in [3.63, 3.8) is 0 Å². The maximum absolute atomic E-state index is 13.0. The number of halogens is 1. The lowest BCUT2D eigenvalue weighted by Crippen LogP contribution is -2.52. The van der Waals surface area contributed by atoms with Crippen molar-refractivity contribution in [1.29, 1.82) is 0 Å². The monoisotopic (exact) mass is 362 g/mol. The Balaban J connectivity index is 1.62. The van der Waals surface area contributed by atoms with Crippen molar-refractivity contribution in [1.82, 2.24) is 14.8 Å². The third-order valence-electron chi connectivity index (χ3n) is 4.49. The summed E-state index contributed by atoms with van der Waals surface area (Å²) in [5.74, 6) is -0.242. The van der Waals surface area contributed by atoms with Crippen molar-refractivity contribution in [2.75, 3.05) is 44.2 Å². The maximum Gasteiger partial charge on any atom is 0.320 e. The predicted octanol–water partition coefficient (Wildman–Crippen LogP) is 3.53. The van der Waals surface area contributed by atoms with Crippen LogP contribution in [0, 0.1) is 5.82 Å². The molecule has 0 spiro atoms. The summed E-state index contributed by atoms with van der Waals surface area (Å²) in [5.41, 5.74) is 1.78. The Kier molecular flexibility index (Phi) is 5.53. The van der Waals surface area contributed by atoms with E-state index in [0.29, 0.717) is 13.1 Å². The summed E-state index contributed by atoms with van der Waals surface area (Å²) >= 11 is 1.59. The summed E-state index contributed by atoms with van der Waals surface area (Å²) in [5, 5.41) is 2.95. The second-order valence-electron chi connectivity index (χ2n) is 5.95. The van der Waals surface area contributed by atoms with Crippen LogP contribution in [0.25, 0.3) is 11.3 Å². The number of carbonyl (C=O) groups is 1. The number of piperazine rings is 1. The molecule has 134 valence electrons. The first-order valence-electron chi connectivity index (χ1n) is 8.62. The average Bonchev–Trinajstić information content (AvgIpc) is 3.13. The van der Waals surface area contributed by atoms with E-state index >= 15 is 0 Å². The molecule has 0 radical (unpaired) electrons. The van der Waals surface area contributed by atoms with Crippen LogP contribution >= 0.6 is 11.3 Å². The van der Waals surface area contributed by atoms with Crippen LogP contribution in [0.5, 0.6) is 0 Å². The standard InChI is InChI=1S/C18H23FN4OS/c1-3-21(4-2)18(24)23-11-9-22(10-12-23)17-20-16(13-25-17)14-5-7-15(19)8-6-14/h5-8,13H,3-4,9-12H2,1-2H3. The molecule has 1 aromatic carbocycles. The van der Waals surface area contributed by atoms with Gasteiger partial charge in [0.1, 0.15) is 5.82 Å². The predicted molar refractivity (Wildman–Crippen MR) is 99.6 cm³/mol. The second kappa shape index (κ2) is 7.82. The Morgan fingerprint density at radius 1 is 1.16 bits per heavy atom. The number of aromatic nitrogens is 1. The molecular formula is C18H23FN4OS. The maximum atomic E-state index is 13.0.